The molecule has 0 unspecified atom stereocenters. The van der Waals surface area contributed by atoms with Gasteiger partial charge in [-0.3, -0.25) is 19.2 Å². The Morgan fingerprint density at radius 2 is 1.09 bits per heavy atom. The van der Waals surface area contributed by atoms with Gasteiger partial charge >= 0.3 is 0 Å². The summed E-state index contributed by atoms with van der Waals surface area (Å²) in [6.45, 7) is 13.4. The second-order valence-corrected chi connectivity index (χ2v) is 14.3. The van der Waals surface area contributed by atoms with E-state index in [0.29, 0.717) is 39.9 Å². The van der Waals surface area contributed by atoms with Gasteiger partial charge in [0.05, 0.1) is 11.0 Å². The van der Waals surface area contributed by atoms with E-state index < -0.39 is 0 Å². The Morgan fingerprint density at radius 1 is 0.642 bits per heavy atom. The van der Waals surface area contributed by atoms with E-state index in [2.05, 4.69) is 33.0 Å². The number of fused-ring (bicyclic) bond motifs is 2. The predicted molar refractivity (Wildman–Crippen MR) is 220 cm³/mol. The summed E-state index contributed by atoms with van der Waals surface area (Å²) in [5, 5.41) is 6.09. The largest absolute Gasteiger partial charge is 0.322 e. The molecule has 6 rings (SSSR count). The molecule has 0 saturated carbocycles. The number of nitrogens with one attached hydrogen (secondary N) is 1. The molecule has 0 aliphatic rings. The Morgan fingerprint density at radius 3 is 1.57 bits per heavy atom. The van der Waals surface area contributed by atoms with Crippen LogP contribution in [0.15, 0.2) is 107 Å². The number of rotatable bonds is 8. The van der Waals surface area contributed by atoms with Crippen molar-refractivity contribution in [3.63, 3.8) is 0 Å². The minimum absolute atomic E-state index is 0.00153. The third-order valence-corrected chi connectivity index (χ3v) is 9.80. The van der Waals surface area contributed by atoms with Crippen molar-refractivity contribution in [2.45, 2.75) is 66.5 Å². The van der Waals surface area contributed by atoms with Gasteiger partial charge in [-0.25, -0.2) is 0 Å². The van der Waals surface area contributed by atoms with Crippen molar-refractivity contribution < 1.29 is 9.59 Å². The molecule has 2 amide bonds. The number of carbonyl (C=O) groups is 2. The topological polar surface area (TPSA) is 93.4 Å². The average Bonchev–Trinajstić information content (AvgIpc) is 3.14. The van der Waals surface area contributed by atoms with E-state index in [4.69, 9.17) is 23.2 Å². The van der Waals surface area contributed by atoms with E-state index in [1.54, 1.807) is 81.7 Å². The first-order chi connectivity index (χ1) is 25.2. The van der Waals surface area contributed by atoms with Crippen LogP contribution < -0.4 is 21.3 Å². The lowest BCUT2D eigenvalue weighted by atomic mass is 9.98. The first-order valence-corrected chi connectivity index (χ1v) is 18.4. The lowest BCUT2D eigenvalue weighted by Crippen LogP contribution is -2.26. The fourth-order valence-corrected chi connectivity index (χ4v) is 6.66. The van der Waals surface area contributed by atoms with Crippen LogP contribution in [0.2, 0.25) is 10.0 Å². The van der Waals surface area contributed by atoms with Crippen molar-refractivity contribution in [3.8, 4) is 0 Å². The predicted octanol–water partition coefficient (Wildman–Crippen LogP) is 10.1. The second kappa shape index (κ2) is 16.7. The van der Waals surface area contributed by atoms with E-state index in [0.717, 1.165) is 38.6 Å². The van der Waals surface area contributed by atoms with E-state index in [-0.39, 0.29) is 34.8 Å². The highest BCUT2D eigenvalue weighted by Crippen LogP contribution is 2.29. The molecule has 8 nitrogen and oxygen atoms in total. The zero-order valence-electron chi connectivity index (χ0n) is 31.0. The van der Waals surface area contributed by atoms with Crippen molar-refractivity contribution in [3.05, 3.63) is 150 Å². The van der Waals surface area contributed by atoms with Crippen molar-refractivity contribution in [1.29, 1.82) is 0 Å². The molecule has 4 aromatic carbocycles. The Hall–Kier alpha value is -5.18. The third kappa shape index (κ3) is 8.56. The Kier molecular flexibility index (Phi) is 12.3. The van der Waals surface area contributed by atoms with Crippen LogP contribution in [0, 0.1) is 0 Å². The Bertz CT molecular complexity index is 2410. The summed E-state index contributed by atoms with van der Waals surface area (Å²) in [6, 6.07) is 28.5. The van der Waals surface area contributed by atoms with Crippen LogP contribution in [-0.2, 0) is 13.1 Å². The fraction of sp³-hybridized carbons (Fsp3) is 0.256. The second-order valence-electron chi connectivity index (χ2n) is 13.4. The Labute approximate surface area is 319 Å². The number of pyridine rings is 2. The number of amides is 2. The molecule has 0 radical (unpaired) electrons. The number of aromatic nitrogens is 2. The zero-order chi connectivity index (χ0) is 38.6. The van der Waals surface area contributed by atoms with Gasteiger partial charge in [0.2, 0.25) is 0 Å². The highest BCUT2D eigenvalue weighted by Gasteiger charge is 2.17. The monoisotopic (exact) mass is 750 g/mol. The number of anilines is 2. The van der Waals surface area contributed by atoms with E-state index in [1.807, 2.05) is 50.2 Å². The summed E-state index contributed by atoms with van der Waals surface area (Å²) in [5.41, 5.74) is 6.35. The van der Waals surface area contributed by atoms with Gasteiger partial charge in [0.25, 0.3) is 22.9 Å². The lowest BCUT2D eigenvalue weighted by molar-refractivity contribution is 0.0991. The van der Waals surface area contributed by atoms with Gasteiger partial charge in [0.15, 0.2) is 0 Å². The molecule has 0 fully saturated rings. The van der Waals surface area contributed by atoms with Crippen molar-refractivity contribution in [2.75, 3.05) is 17.3 Å². The van der Waals surface area contributed by atoms with Gasteiger partial charge in [-0.1, -0.05) is 50.9 Å². The molecule has 53 heavy (non-hydrogen) atoms. The van der Waals surface area contributed by atoms with Crippen LogP contribution in [-0.4, -0.2) is 28.0 Å². The Balaban J connectivity index is 0.000000204. The van der Waals surface area contributed by atoms with Crippen LogP contribution in [0.5, 0.6) is 0 Å². The molecule has 0 spiro atoms. The molecule has 0 atom stereocenters. The van der Waals surface area contributed by atoms with E-state index in [9.17, 15) is 19.2 Å². The van der Waals surface area contributed by atoms with Gasteiger partial charge in [-0.15, -0.1) is 0 Å². The van der Waals surface area contributed by atoms with Crippen LogP contribution in [0.4, 0.5) is 11.4 Å². The van der Waals surface area contributed by atoms with Gasteiger partial charge in [-0.05, 0) is 122 Å². The van der Waals surface area contributed by atoms with Gasteiger partial charge in [-0.2, -0.15) is 0 Å². The number of hydrogen-bond acceptors (Lipinski definition) is 4. The van der Waals surface area contributed by atoms with Crippen LogP contribution in [0.1, 0.15) is 85.2 Å². The summed E-state index contributed by atoms with van der Waals surface area (Å²) in [6.07, 6.45) is 0. The molecule has 2 aromatic heterocycles. The molecular formula is C43H44Cl2N4O4. The quantitative estimate of drug-likeness (QED) is 0.168. The minimum atomic E-state index is -0.198. The molecule has 0 saturated heterocycles. The van der Waals surface area contributed by atoms with Gasteiger partial charge < -0.3 is 19.4 Å². The van der Waals surface area contributed by atoms with Crippen LogP contribution in [0.25, 0.3) is 21.8 Å². The molecule has 1 N–H and O–H groups in total. The van der Waals surface area contributed by atoms with Crippen LogP contribution in [0.3, 0.4) is 0 Å². The number of benzene rings is 4. The first-order valence-electron chi connectivity index (χ1n) is 17.7. The summed E-state index contributed by atoms with van der Waals surface area (Å²) in [7, 11) is 1.75. The summed E-state index contributed by atoms with van der Waals surface area (Å²) in [5.74, 6) is 0.106. The highest BCUT2D eigenvalue weighted by atomic mass is 35.5. The number of aryl methyl sites for hydroxylation is 2. The normalized spacial score (nSPS) is 11.2. The van der Waals surface area contributed by atoms with Crippen LogP contribution >= 0.6 is 23.2 Å². The number of hydrogen-bond donors (Lipinski definition) is 1. The number of nitrogens with zero attached hydrogens (tertiary/aromatic N) is 3. The standard InChI is InChI=1S/C22H23ClN2O2.C21H21ClN2O2/c1-5-25-20-11-10-17(12-19(20)18(14(2)3)13-21(25)26)24(4)22(27)15-6-8-16(23)9-7-15;1-4-24-19-10-9-16(11-18(19)17(13(2)3)12-20(24)25)23-21(26)14-5-7-15(22)8-6-14/h6-14H,5H2,1-4H3;5-13H,4H2,1-3H3,(H,23,26). The average molecular weight is 752 g/mol. The maximum absolute atomic E-state index is 12.8. The molecule has 0 bridgehead atoms. The summed E-state index contributed by atoms with van der Waals surface area (Å²) >= 11 is 11.8. The maximum atomic E-state index is 12.8. The minimum Gasteiger partial charge on any atom is -0.322 e. The molecule has 0 aliphatic heterocycles. The maximum Gasteiger partial charge on any atom is 0.258 e. The zero-order valence-corrected chi connectivity index (χ0v) is 32.5. The molecule has 274 valence electrons. The first kappa shape index (κ1) is 39.0. The SMILES string of the molecule is CCn1c(=O)cc(C(C)C)c2cc(N(C)C(=O)c3ccc(Cl)cc3)ccc21.CCn1c(=O)cc(C(C)C)c2cc(NC(=O)c3ccc(Cl)cc3)ccc21. The highest BCUT2D eigenvalue weighted by molar-refractivity contribution is 6.31. The molecular weight excluding hydrogens is 707 g/mol. The van der Waals surface area contributed by atoms with Crippen molar-refractivity contribution >= 4 is 68.2 Å². The summed E-state index contributed by atoms with van der Waals surface area (Å²) in [4.78, 5) is 51.6. The van der Waals surface area contributed by atoms with Gasteiger partial charge in [0, 0.05) is 75.6 Å². The fourth-order valence-electron chi connectivity index (χ4n) is 6.41. The van der Waals surface area contributed by atoms with E-state index >= 15 is 0 Å². The molecule has 6 aromatic rings. The van der Waals surface area contributed by atoms with Crippen molar-refractivity contribution in [2.24, 2.45) is 0 Å². The van der Waals surface area contributed by atoms with Crippen molar-refractivity contribution in [1.82, 2.24) is 9.13 Å². The van der Waals surface area contributed by atoms with E-state index in [1.165, 1.54) is 0 Å². The number of halogens is 2. The van der Waals surface area contributed by atoms with Gasteiger partial charge in [0.1, 0.15) is 0 Å². The molecule has 2 heterocycles. The molecule has 10 heteroatoms. The summed E-state index contributed by atoms with van der Waals surface area (Å²) < 4.78 is 3.50. The smallest absolute Gasteiger partial charge is 0.258 e. The number of carbonyl (C=O) groups excluding carboxylic acids is 2. The lowest BCUT2D eigenvalue weighted by Gasteiger charge is -2.20. The third-order valence-electron chi connectivity index (χ3n) is 9.29. The molecule has 0 aliphatic carbocycles.